The molecule has 1 rings (SSSR count). The van der Waals surface area contributed by atoms with Crippen molar-refractivity contribution in [1.29, 1.82) is 5.26 Å². The zero-order valence-corrected chi connectivity index (χ0v) is 11.3. The minimum absolute atomic E-state index is 0.170. The van der Waals surface area contributed by atoms with Crippen LogP contribution in [0.15, 0.2) is 24.3 Å². The number of esters is 2. The molecule has 0 amide bonds. The molecule has 106 valence electrons. The molecule has 6 nitrogen and oxygen atoms in total. The van der Waals surface area contributed by atoms with Crippen LogP contribution in [0.2, 0.25) is 0 Å². The number of rotatable bonds is 6. The number of nitrogens with zero attached hydrogens (tertiary/aromatic N) is 1. The highest BCUT2D eigenvalue weighted by molar-refractivity contribution is 5.71. The molecular weight excluding hydrogens is 262 g/mol. The van der Waals surface area contributed by atoms with Gasteiger partial charge in [-0.15, -0.1) is 0 Å². The number of hydrogen-bond donors (Lipinski definition) is 0. The second-order valence-electron chi connectivity index (χ2n) is 3.76. The topological polar surface area (TPSA) is 85.6 Å². The van der Waals surface area contributed by atoms with Gasteiger partial charge in [0, 0.05) is 12.0 Å². The first kappa shape index (κ1) is 15.5. The lowest BCUT2D eigenvalue weighted by Crippen LogP contribution is -2.15. The Morgan fingerprint density at radius 2 is 2.00 bits per heavy atom. The Balaban J connectivity index is 2.90. The third-order valence-electron chi connectivity index (χ3n) is 2.43. The molecule has 0 aliphatic rings. The smallest absolute Gasteiger partial charge is 0.343 e. The summed E-state index contributed by atoms with van der Waals surface area (Å²) < 4.78 is 14.7. The Labute approximate surface area is 116 Å². The van der Waals surface area contributed by atoms with Gasteiger partial charge in [0.25, 0.3) is 0 Å². The zero-order chi connectivity index (χ0) is 15.0. The lowest BCUT2D eigenvalue weighted by atomic mass is 10.1. The van der Waals surface area contributed by atoms with E-state index in [0.717, 1.165) is 0 Å². The van der Waals surface area contributed by atoms with E-state index >= 15 is 0 Å². The van der Waals surface area contributed by atoms with Crippen LogP contribution in [0.1, 0.15) is 25.0 Å². The molecule has 0 aromatic heterocycles. The Morgan fingerprint density at radius 3 is 2.60 bits per heavy atom. The Hall–Kier alpha value is -2.55. The lowest BCUT2D eigenvalue weighted by Gasteiger charge is -2.15. The number of para-hydroxylation sites is 1. The number of methoxy groups -OCH3 is 1. The first-order valence-corrected chi connectivity index (χ1v) is 6.00. The second kappa shape index (κ2) is 7.79. The summed E-state index contributed by atoms with van der Waals surface area (Å²) in [4.78, 5) is 22.4. The maximum Gasteiger partial charge on any atom is 0.343 e. The number of carbonyl (C=O) groups is 2. The lowest BCUT2D eigenvalue weighted by molar-refractivity contribution is -0.147. The van der Waals surface area contributed by atoms with E-state index in [4.69, 9.17) is 14.7 Å². The highest BCUT2D eigenvalue weighted by Gasteiger charge is 2.19. The number of benzene rings is 1. The molecule has 0 radical (unpaired) electrons. The summed E-state index contributed by atoms with van der Waals surface area (Å²) in [6, 6.07) is 8.44. The van der Waals surface area contributed by atoms with Gasteiger partial charge in [0.2, 0.25) is 6.10 Å². The average Bonchev–Trinajstić information content (AvgIpc) is 2.50. The molecule has 0 saturated carbocycles. The van der Waals surface area contributed by atoms with Gasteiger partial charge in [-0.05, 0) is 6.07 Å². The van der Waals surface area contributed by atoms with Crippen molar-refractivity contribution < 1.29 is 23.8 Å². The van der Waals surface area contributed by atoms with E-state index in [1.807, 2.05) is 6.07 Å². The highest BCUT2D eigenvalue weighted by Crippen LogP contribution is 2.27. The summed E-state index contributed by atoms with van der Waals surface area (Å²) in [5.41, 5.74) is 0.390. The quantitative estimate of drug-likeness (QED) is 0.736. The van der Waals surface area contributed by atoms with E-state index in [1.54, 1.807) is 31.2 Å². The third kappa shape index (κ3) is 4.28. The van der Waals surface area contributed by atoms with Gasteiger partial charge in [-0.1, -0.05) is 25.1 Å². The predicted molar refractivity (Wildman–Crippen MR) is 68.7 cm³/mol. The maximum atomic E-state index is 11.3. The molecule has 0 spiro atoms. The van der Waals surface area contributed by atoms with E-state index in [0.29, 0.717) is 11.3 Å². The van der Waals surface area contributed by atoms with Crippen LogP contribution in [0.4, 0.5) is 0 Å². The van der Waals surface area contributed by atoms with E-state index in [2.05, 4.69) is 4.74 Å². The first-order chi connectivity index (χ1) is 9.62. The number of hydrogen-bond acceptors (Lipinski definition) is 6. The van der Waals surface area contributed by atoms with Crippen LogP contribution >= 0.6 is 0 Å². The van der Waals surface area contributed by atoms with Crippen molar-refractivity contribution in [2.75, 3.05) is 13.7 Å². The summed E-state index contributed by atoms with van der Waals surface area (Å²) >= 11 is 0. The molecule has 6 heteroatoms. The van der Waals surface area contributed by atoms with Crippen LogP contribution in [0, 0.1) is 11.3 Å². The van der Waals surface area contributed by atoms with Gasteiger partial charge >= 0.3 is 11.9 Å². The largest absolute Gasteiger partial charge is 0.481 e. The van der Waals surface area contributed by atoms with Crippen molar-refractivity contribution in [3.8, 4) is 11.8 Å². The molecular formula is C14H15NO5. The van der Waals surface area contributed by atoms with Crippen LogP contribution in [-0.2, 0) is 19.1 Å². The maximum absolute atomic E-state index is 11.3. The van der Waals surface area contributed by atoms with Crippen LogP contribution in [0.3, 0.4) is 0 Å². The van der Waals surface area contributed by atoms with E-state index < -0.39 is 18.0 Å². The fourth-order valence-corrected chi connectivity index (χ4v) is 1.40. The SMILES string of the molecule is CCC(=O)O[C@@H](C#N)c1ccccc1OCC(=O)OC. The van der Waals surface area contributed by atoms with Gasteiger partial charge in [-0.25, -0.2) is 4.79 Å². The molecule has 1 atom stereocenters. The molecule has 0 unspecified atom stereocenters. The average molecular weight is 277 g/mol. The molecule has 0 bridgehead atoms. The monoisotopic (exact) mass is 277 g/mol. The molecule has 0 fully saturated rings. The van der Waals surface area contributed by atoms with Gasteiger partial charge in [-0.3, -0.25) is 4.79 Å². The molecule has 20 heavy (non-hydrogen) atoms. The van der Waals surface area contributed by atoms with Crippen molar-refractivity contribution in [2.45, 2.75) is 19.4 Å². The molecule has 1 aromatic rings. The zero-order valence-electron chi connectivity index (χ0n) is 11.3. The van der Waals surface area contributed by atoms with Crippen molar-refractivity contribution in [1.82, 2.24) is 0 Å². The van der Waals surface area contributed by atoms with Crippen molar-refractivity contribution in [3.63, 3.8) is 0 Å². The fourth-order valence-electron chi connectivity index (χ4n) is 1.40. The second-order valence-corrected chi connectivity index (χ2v) is 3.76. The van der Waals surface area contributed by atoms with E-state index in [1.165, 1.54) is 7.11 Å². The fraction of sp³-hybridized carbons (Fsp3) is 0.357. The normalized spacial score (nSPS) is 11.1. The first-order valence-electron chi connectivity index (χ1n) is 6.00. The van der Waals surface area contributed by atoms with Gasteiger partial charge < -0.3 is 14.2 Å². The Morgan fingerprint density at radius 1 is 1.30 bits per heavy atom. The third-order valence-corrected chi connectivity index (χ3v) is 2.43. The summed E-state index contributed by atoms with van der Waals surface area (Å²) in [7, 11) is 1.25. The minimum atomic E-state index is -1.07. The van der Waals surface area contributed by atoms with Gasteiger partial charge in [0.15, 0.2) is 6.61 Å². The predicted octanol–water partition coefficient (Wildman–Crippen LogP) is 1.76. The van der Waals surface area contributed by atoms with Crippen LogP contribution < -0.4 is 4.74 Å². The number of ether oxygens (including phenoxy) is 3. The van der Waals surface area contributed by atoms with Crippen molar-refractivity contribution >= 4 is 11.9 Å². The van der Waals surface area contributed by atoms with E-state index in [-0.39, 0.29) is 13.0 Å². The highest BCUT2D eigenvalue weighted by atomic mass is 16.6. The molecule has 1 aromatic carbocycles. The van der Waals surface area contributed by atoms with Crippen LogP contribution in [0.5, 0.6) is 5.75 Å². The van der Waals surface area contributed by atoms with Crippen LogP contribution in [0.25, 0.3) is 0 Å². The molecule has 0 aliphatic carbocycles. The van der Waals surface area contributed by atoms with Crippen molar-refractivity contribution in [2.24, 2.45) is 0 Å². The standard InChI is InChI=1S/C14H15NO5/c1-3-13(16)20-12(8-15)10-6-4-5-7-11(10)19-9-14(17)18-2/h4-7,12H,3,9H2,1-2H3/t12-/m0/s1. The molecule has 0 N–H and O–H groups in total. The molecule has 0 saturated heterocycles. The number of nitriles is 1. The van der Waals surface area contributed by atoms with Gasteiger partial charge in [0.1, 0.15) is 11.8 Å². The van der Waals surface area contributed by atoms with E-state index in [9.17, 15) is 9.59 Å². The Bertz CT molecular complexity index is 521. The van der Waals surface area contributed by atoms with Crippen molar-refractivity contribution in [3.05, 3.63) is 29.8 Å². The molecule has 0 aliphatic heterocycles. The molecule has 0 heterocycles. The Kier molecular flexibility index (Phi) is 6.04. The number of carbonyl (C=O) groups excluding carboxylic acids is 2. The summed E-state index contributed by atoms with van der Waals surface area (Å²) in [6.45, 7) is 1.35. The summed E-state index contributed by atoms with van der Waals surface area (Å²) in [5.74, 6) is -0.730. The minimum Gasteiger partial charge on any atom is -0.481 e. The van der Waals surface area contributed by atoms with Crippen LogP contribution in [-0.4, -0.2) is 25.7 Å². The van der Waals surface area contributed by atoms with Gasteiger partial charge in [-0.2, -0.15) is 5.26 Å². The van der Waals surface area contributed by atoms with Gasteiger partial charge in [0.05, 0.1) is 7.11 Å². The summed E-state index contributed by atoms with van der Waals surface area (Å²) in [6.07, 6.45) is -0.903. The summed E-state index contributed by atoms with van der Waals surface area (Å²) in [5, 5.41) is 9.10.